The third kappa shape index (κ3) is 3.36. The third-order valence-electron chi connectivity index (χ3n) is 3.41. The zero-order valence-electron chi connectivity index (χ0n) is 11.9. The van der Waals surface area contributed by atoms with Gasteiger partial charge in [-0.25, -0.2) is 4.98 Å². The summed E-state index contributed by atoms with van der Waals surface area (Å²) in [4.78, 5) is 15.7. The van der Waals surface area contributed by atoms with Gasteiger partial charge in [-0.3, -0.25) is 9.48 Å². The van der Waals surface area contributed by atoms with Crippen LogP contribution in [0.5, 0.6) is 0 Å². The number of alkyl halides is 3. The Labute approximate surface area is 128 Å². The predicted octanol–water partition coefficient (Wildman–Crippen LogP) is 1.28. The number of fused-ring (bicyclic) bond motifs is 1. The number of aromatic nitrogens is 3. The van der Waals surface area contributed by atoms with Crippen LogP contribution in [0, 0.1) is 0 Å². The first-order chi connectivity index (χ1) is 10.9. The van der Waals surface area contributed by atoms with Crippen molar-refractivity contribution >= 4 is 5.91 Å². The van der Waals surface area contributed by atoms with Crippen molar-refractivity contribution in [2.75, 3.05) is 6.61 Å². The second-order valence-electron chi connectivity index (χ2n) is 4.99. The highest BCUT2D eigenvalue weighted by molar-refractivity contribution is 5.75. The molecule has 10 heteroatoms. The van der Waals surface area contributed by atoms with Crippen molar-refractivity contribution in [3.05, 3.63) is 35.3 Å². The number of hydrogen-bond acceptors (Lipinski definition) is 5. The topological polar surface area (TPSA) is 82.2 Å². The lowest BCUT2D eigenvalue weighted by Gasteiger charge is -2.15. The van der Waals surface area contributed by atoms with Crippen LogP contribution in [0.3, 0.4) is 0 Å². The summed E-state index contributed by atoms with van der Waals surface area (Å²) in [6.07, 6.45) is -1.70. The van der Waals surface area contributed by atoms with Gasteiger partial charge in [-0.2, -0.15) is 18.3 Å². The van der Waals surface area contributed by atoms with Crippen molar-refractivity contribution in [2.24, 2.45) is 0 Å². The summed E-state index contributed by atoms with van der Waals surface area (Å²) in [5, 5.41) is 6.12. The molecule has 3 rings (SSSR count). The molecule has 0 saturated carbocycles. The molecule has 2 aromatic heterocycles. The molecule has 0 aliphatic carbocycles. The first-order valence-corrected chi connectivity index (χ1v) is 6.82. The third-order valence-corrected chi connectivity index (χ3v) is 3.41. The Hall–Kier alpha value is -2.36. The summed E-state index contributed by atoms with van der Waals surface area (Å²) in [7, 11) is 0. The average Bonchev–Trinajstić information content (AvgIpc) is 3.13. The highest BCUT2D eigenvalue weighted by Gasteiger charge is 2.40. The number of ether oxygens (including phenoxy) is 1. The molecule has 0 bridgehead atoms. The van der Waals surface area contributed by atoms with Crippen LogP contribution in [-0.4, -0.2) is 27.3 Å². The lowest BCUT2D eigenvalue weighted by molar-refractivity contribution is -0.143. The van der Waals surface area contributed by atoms with Gasteiger partial charge in [0.1, 0.15) is 12.8 Å². The van der Waals surface area contributed by atoms with E-state index in [0.717, 1.165) is 4.68 Å². The number of nitrogens with one attached hydrogen (secondary N) is 1. The van der Waals surface area contributed by atoms with Crippen LogP contribution in [0.25, 0.3) is 0 Å². The molecule has 0 saturated heterocycles. The minimum absolute atomic E-state index is 0.00745. The molecule has 0 spiro atoms. The fourth-order valence-electron chi connectivity index (χ4n) is 2.37. The molecule has 2 aromatic rings. The van der Waals surface area contributed by atoms with E-state index in [1.165, 1.54) is 12.7 Å². The lowest BCUT2D eigenvalue weighted by atomic mass is 10.1. The van der Waals surface area contributed by atoms with Gasteiger partial charge >= 0.3 is 6.18 Å². The zero-order chi connectivity index (χ0) is 16.4. The van der Waals surface area contributed by atoms with Crippen LogP contribution in [0.4, 0.5) is 13.2 Å². The molecule has 0 unspecified atom stereocenters. The van der Waals surface area contributed by atoms with E-state index in [1.807, 2.05) is 0 Å². The second kappa shape index (κ2) is 6.03. The quantitative estimate of drug-likeness (QED) is 0.913. The van der Waals surface area contributed by atoms with Crippen LogP contribution in [0.15, 0.2) is 17.1 Å². The maximum absolute atomic E-state index is 13.0. The number of carbonyl (C=O) groups excluding carboxylic acids is 1. The van der Waals surface area contributed by atoms with E-state index in [2.05, 4.69) is 15.4 Å². The van der Waals surface area contributed by atoms with Crippen LogP contribution >= 0.6 is 0 Å². The summed E-state index contributed by atoms with van der Waals surface area (Å²) in [5.74, 6) is -0.460. The Morgan fingerprint density at radius 1 is 1.43 bits per heavy atom. The van der Waals surface area contributed by atoms with Crippen molar-refractivity contribution < 1.29 is 27.1 Å². The van der Waals surface area contributed by atoms with Gasteiger partial charge in [-0.05, 0) is 0 Å². The van der Waals surface area contributed by atoms with E-state index in [-0.39, 0.29) is 31.7 Å². The molecule has 0 fully saturated rings. The van der Waals surface area contributed by atoms with Gasteiger partial charge in [0.15, 0.2) is 12.1 Å². The molecular formula is C13H13F3N4O3. The first-order valence-electron chi connectivity index (χ1n) is 6.82. The summed E-state index contributed by atoms with van der Waals surface area (Å²) in [5.41, 5.74) is -0.0741. The van der Waals surface area contributed by atoms with Crippen LogP contribution < -0.4 is 5.32 Å². The van der Waals surface area contributed by atoms with Crippen molar-refractivity contribution in [1.29, 1.82) is 0 Å². The van der Waals surface area contributed by atoms with E-state index >= 15 is 0 Å². The normalized spacial score (nSPS) is 14.6. The van der Waals surface area contributed by atoms with Crippen molar-refractivity contribution in [3.8, 4) is 0 Å². The molecule has 0 radical (unpaired) electrons. The summed E-state index contributed by atoms with van der Waals surface area (Å²) < 4.78 is 50.0. The van der Waals surface area contributed by atoms with Crippen LogP contribution in [0.2, 0.25) is 0 Å². The van der Waals surface area contributed by atoms with Gasteiger partial charge < -0.3 is 14.5 Å². The maximum Gasteiger partial charge on any atom is 0.435 e. The van der Waals surface area contributed by atoms with E-state index in [4.69, 9.17) is 9.15 Å². The number of carbonyl (C=O) groups is 1. The molecule has 0 aromatic carbocycles. The largest absolute Gasteiger partial charge is 0.451 e. The molecule has 23 heavy (non-hydrogen) atoms. The minimum atomic E-state index is -4.58. The smallest absolute Gasteiger partial charge is 0.435 e. The fraction of sp³-hybridized carbons (Fsp3) is 0.462. The molecule has 0 atom stereocenters. The summed E-state index contributed by atoms with van der Waals surface area (Å²) >= 11 is 0. The molecule has 1 N–H and O–H groups in total. The maximum atomic E-state index is 13.0. The number of rotatable bonds is 4. The molecule has 3 heterocycles. The molecular weight excluding hydrogens is 317 g/mol. The van der Waals surface area contributed by atoms with E-state index in [1.54, 1.807) is 0 Å². The monoisotopic (exact) mass is 330 g/mol. The predicted molar refractivity (Wildman–Crippen MR) is 68.9 cm³/mol. The molecule has 1 amide bonds. The van der Waals surface area contributed by atoms with Gasteiger partial charge in [0.05, 0.1) is 25.5 Å². The Balaban J connectivity index is 1.74. The average molecular weight is 330 g/mol. The lowest BCUT2D eigenvalue weighted by Crippen LogP contribution is -2.29. The molecule has 1 aliphatic rings. The van der Waals surface area contributed by atoms with Gasteiger partial charge in [-0.1, -0.05) is 0 Å². The standard InChI is InChI=1S/C13H13F3N4O3/c14-13(15,16)12-9-6-22-2-1-10(9)20(19-12)4-11(21)17-3-8-5-23-7-18-8/h5,7H,1-4,6H2,(H,17,21). The Morgan fingerprint density at radius 3 is 2.96 bits per heavy atom. The Bertz CT molecular complexity index is 694. The van der Waals surface area contributed by atoms with Gasteiger partial charge in [0, 0.05) is 17.7 Å². The fourth-order valence-corrected chi connectivity index (χ4v) is 2.37. The van der Waals surface area contributed by atoms with Crippen LogP contribution in [-0.2, 0) is 41.8 Å². The number of amides is 1. The number of hydrogen-bond donors (Lipinski definition) is 1. The Morgan fingerprint density at radius 2 is 2.26 bits per heavy atom. The van der Waals surface area contributed by atoms with Crippen molar-refractivity contribution in [1.82, 2.24) is 20.1 Å². The molecule has 124 valence electrons. The summed E-state index contributed by atoms with van der Waals surface area (Å²) in [6.45, 7) is -0.00835. The highest BCUT2D eigenvalue weighted by atomic mass is 19.4. The van der Waals surface area contributed by atoms with Gasteiger partial charge in [0.2, 0.25) is 5.91 Å². The SMILES string of the molecule is O=C(Cn1nc(C(F)(F)F)c2c1CCOC2)NCc1cocn1. The summed E-state index contributed by atoms with van der Waals surface area (Å²) in [6, 6.07) is 0. The zero-order valence-corrected chi connectivity index (χ0v) is 11.9. The molecule has 7 nitrogen and oxygen atoms in total. The second-order valence-corrected chi connectivity index (χ2v) is 4.99. The number of oxazole rings is 1. The van der Waals surface area contributed by atoms with Crippen molar-refractivity contribution in [2.45, 2.75) is 32.3 Å². The number of nitrogens with zero attached hydrogens (tertiary/aromatic N) is 3. The highest BCUT2D eigenvalue weighted by Crippen LogP contribution is 2.34. The van der Waals surface area contributed by atoms with E-state index < -0.39 is 17.8 Å². The number of halogens is 3. The first kappa shape index (κ1) is 15.5. The minimum Gasteiger partial charge on any atom is -0.451 e. The van der Waals surface area contributed by atoms with Gasteiger partial charge in [-0.15, -0.1) is 0 Å². The molecule has 1 aliphatic heterocycles. The van der Waals surface area contributed by atoms with E-state index in [9.17, 15) is 18.0 Å². The van der Waals surface area contributed by atoms with Gasteiger partial charge in [0.25, 0.3) is 0 Å². The van der Waals surface area contributed by atoms with Crippen LogP contribution in [0.1, 0.15) is 22.6 Å². The van der Waals surface area contributed by atoms with Crippen molar-refractivity contribution in [3.63, 3.8) is 0 Å². The Kier molecular flexibility index (Phi) is 4.07. The van der Waals surface area contributed by atoms with E-state index in [0.29, 0.717) is 18.0 Å².